The Balaban J connectivity index is 1.56. The molecule has 0 bridgehead atoms. The molecule has 1 saturated heterocycles. The highest BCUT2D eigenvalue weighted by molar-refractivity contribution is 5.77. The van der Waals surface area contributed by atoms with Crippen molar-refractivity contribution in [2.75, 3.05) is 6.54 Å². The Morgan fingerprint density at radius 1 is 1.22 bits per heavy atom. The van der Waals surface area contributed by atoms with Gasteiger partial charge < -0.3 is 0 Å². The molecule has 1 N–H and O–H groups in total. The Hall–Kier alpha value is -2.47. The van der Waals surface area contributed by atoms with E-state index >= 15 is 0 Å². The maximum atomic E-state index is 13.2. The van der Waals surface area contributed by atoms with E-state index in [9.17, 15) is 4.79 Å². The van der Waals surface area contributed by atoms with Gasteiger partial charge >= 0.3 is 0 Å². The molecule has 6 nitrogen and oxygen atoms in total. The molecule has 2 fully saturated rings. The van der Waals surface area contributed by atoms with Gasteiger partial charge in [0.05, 0.1) is 22.6 Å². The summed E-state index contributed by atoms with van der Waals surface area (Å²) in [5, 5.41) is 8.16. The lowest BCUT2D eigenvalue weighted by molar-refractivity contribution is 0.229. The van der Waals surface area contributed by atoms with Crippen LogP contribution in [0.25, 0.3) is 10.9 Å². The van der Waals surface area contributed by atoms with Crippen LogP contribution in [-0.4, -0.2) is 31.2 Å². The van der Waals surface area contributed by atoms with Crippen molar-refractivity contribution in [3.8, 4) is 0 Å². The number of aryl methyl sites for hydroxylation is 1. The van der Waals surface area contributed by atoms with Crippen molar-refractivity contribution in [1.29, 1.82) is 0 Å². The van der Waals surface area contributed by atoms with E-state index < -0.39 is 0 Å². The number of hydrogen-bond donors (Lipinski definition) is 1. The maximum Gasteiger partial charge on any atom is 0.261 e. The topological polar surface area (TPSA) is 66.8 Å². The Labute approximate surface area is 158 Å². The average molecular weight is 363 g/mol. The Morgan fingerprint density at radius 3 is 2.85 bits per heavy atom. The maximum absolute atomic E-state index is 13.2. The lowest BCUT2D eigenvalue weighted by Gasteiger charge is -2.26. The number of rotatable bonds is 5. The minimum Gasteiger partial charge on any atom is -0.295 e. The van der Waals surface area contributed by atoms with Gasteiger partial charge in [-0.1, -0.05) is 12.1 Å². The number of nitrogens with one attached hydrogen (secondary N) is 1. The fourth-order valence-corrected chi connectivity index (χ4v) is 4.25. The molecule has 6 heteroatoms. The third-order valence-electron chi connectivity index (χ3n) is 5.81. The molecule has 1 aromatic carbocycles. The third kappa shape index (κ3) is 3.18. The van der Waals surface area contributed by atoms with E-state index in [1.54, 1.807) is 0 Å². The Kier molecular flexibility index (Phi) is 4.08. The van der Waals surface area contributed by atoms with Gasteiger partial charge in [0.1, 0.15) is 5.82 Å². The van der Waals surface area contributed by atoms with Gasteiger partial charge in [-0.05, 0) is 63.3 Å². The van der Waals surface area contributed by atoms with Crippen LogP contribution in [0.3, 0.4) is 0 Å². The molecule has 5 rings (SSSR count). The highest BCUT2D eigenvalue weighted by atomic mass is 16.1. The summed E-state index contributed by atoms with van der Waals surface area (Å²) in [5.74, 6) is 1.57. The van der Waals surface area contributed by atoms with Crippen LogP contribution in [0.2, 0.25) is 0 Å². The van der Waals surface area contributed by atoms with E-state index in [4.69, 9.17) is 4.98 Å². The predicted molar refractivity (Wildman–Crippen MR) is 104 cm³/mol. The van der Waals surface area contributed by atoms with Gasteiger partial charge in [-0.3, -0.25) is 19.4 Å². The summed E-state index contributed by atoms with van der Waals surface area (Å²) in [6.45, 7) is 4.64. The fourth-order valence-electron chi connectivity index (χ4n) is 4.25. The van der Waals surface area contributed by atoms with Gasteiger partial charge in [-0.2, -0.15) is 5.10 Å². The summed E-state index contributed by atoms with van der Waals surface area (Å²) in [7, 11) is 0. The lowest BCUT2D eigenvalue weighted by Crippen LogP contribution is -2.32. The molecule has 0 amide bonds. The first-order valence-corrected chi connectivity index (χ1v) is 9.93. The molecule has 2 aromatic heterocycles. The van der Waals surface area contributed by atoms with Crippen molar-refractivity contribution in [2.45, 2.75) is 51.7 Å². The number of aromatic nitrogens is 4. The highest BCUT2D eigenvalue weighted by Gasteiger charge is 2.32. The summed E-state index contributed by atoms with van der Waals surface area (Å²) in [6.07, 6.45) is 4.61. The molecule has 1 unspecified atom stereocenters. The second kappa shape index (κ2) is 6.60. The molecule has 140 valence electrons. The molecule has 3 aromatic rings. The van der Waals surface area contributed by atoms with E-state index in [1.807, 2.05) is 35.8 Å². The third-order valence-corrected chi connectivity index (χ3v) is 5.81. The van der Waals surface area contributed by atoms with Crippen LogP contribution in [0.1, 0.15) is 48.9 Å². The zero-order chi connectivity index (χ0) is 18.4. The normalized spacial score (nSPS) is 20.6. The number of para-hydroxylation sites is 1. The van der Waals surface area contributed by atoms with Gasteiger partial charge in [0.25, 0.3) is 5.56 Å². The van der Waals surface area contributed by atoms with Crippen LogP contribution < -0.4 is 5.56 Å². The van der Waals surface area contributed by atoms with Gasteiger partial charge in [-0.15, -0.1) is 0 Å². The van der Waals surface area contributed by atoms with Crippen LogP contribution >= 0.6 is 0 Å². The Morgan fingerprint density at radius 2 is 2.07 bits per heavy atom. The monoisotopic (exact) mass is 363 g/mol. The fraction of sp³-hybridized carbons (Fsp3) is 0.476. The number of benzene rings is 1. The van der Waals surface area contributed by atoms with Crippen LogP contribution in [-0.2, 0) is 13.1 Å². The zero-order valence-electron chi connectivity index (χ0n) is 15.7. The van der Waals surface area contributed by atoms with Crippen LogP contribution in [0.4, 0.5) is 0 Å². The van der Waals surface area contributed by atoms with Gasteiger partial charge in [-0.25, -0.2) is 4.98 Å². The minimum atomic E-state index is 0.116. The molecule has 27 heavy (non-hydrogen) atoms. The van der Waals surface area contributed by atoms with Crippen molar-refractivity contribution >= 4 is 10.9 Å². The van der Waals surface area contributed by atoms with E-state index in [1.165, 1.54) is 12.8 Å². The minimum absolute atomic E-state index is 0.116. The summed E-state index contributed by atoms with van der Waals surface area (Å²) >= 11 is 0. The Bertz CT molecular complexity index is 1030. The first kappa shape index (κ1) is 16.7. The van der Waals surface area contributed by atoms with E-state index in [2.05, 4.69) is 21.2 Å². The molecule has 2 aliphatic rings. The summed E-state index contributed by atoms with van der Waals surface area (Å²) in [5.41, 5.74) is 3.06. The largest absolute Gasteiger partial charge is 0.295 e. The summed E-state index contributed by atoms with van der Waals surface area (Å²) < 4.78 is 1.97. The molecule has 1 atom stereocenters. The molecular weight excluding hydrogens is 338 g/mol. The molecule has 0 spiro atoms. The van der Waals surface area contributed by atoms with E-state index in [0.717, 1.165) is 60.6 Å². The molecule has 0 radical (unpaired) electrons. The summed E-state index contributed by atoms with van der Waals surface area (Å²) in [6, 6.07) is 10.0. The number of likely N-dealkylation sites (tertiary alicyclic amines) is 1. The molecule has 1 aliphatic heterocycles. The number of hydrogen-bond acceptors (Lipinski definition) is 4. The van der Waals surface area contributed by atoms with Crippen molar-refractivity contribution in [1.82, 2.24) is 24.6 Å². The van der Waals surface area contributed by atoms with Crippen molar-refractivity contribution < 1.29 is 0 Å². The SMILES string of the molecule is Cc1cc(CN2CCCC2c2nc3ccccc3c(=O)n2CC2CC2)n[nH]1. The number of nitrogens with zero attached hydrogens (tertiary/aromatic N) is 4. The standard InChI is InChI=1S/C21H25N5O/c1-14-11-16(24-23-14)13-25-10-4-7-19(25)20-22-18-6-3-2-5-17(18)21(27)26(20)12-15-8-9-15/h2-3,5-6,11,15,19H,4,7-10,12-13H2,1H3,(H,23,24). The van der Waals surface area contributed by atoms with Crippen LogP contribution in [0.5, 0.6) is 0 Å². The first-order valence-electron chi connectivity index (χ1n) is 9.93. The number of aromatic amines is 1. The van der Waals surface area contributed by atoms with E-state index in [0.29, 0.717) is 5.92 Å². The van der Waals surface area contributed by atoms with Crippen molar-refractivity contribution in [3.63, 3.8) is 0 Å². The average Bonchev–Trinajstić information content (AvgIpc) is 3.22. The number of H-pyrrole nitrogens is 1. The second-order valence-electron chi connectivity index (χ2n) is 8.02. The number of fused-ring (bicyclic) bond motifs is 1. The van der Waals surface area contributed by atoms with E-state index in [-0.39, 0.29) is 11.6 Å². The van der Waals surface area contributed by atoms with Crippen LogP contribution in [0.15, 0.2) is 35.1 Å². The highest BCUT2D eigenvalue weighted by Crippen LogP contribution is 2.35. The molecule has 1 saturated carbocycles. The summed E-state index contributed by atoms with van der Waals surface area (Å²) in [4.78, 5) is 20.6. The quantitative estimate of drug-likeness (QED) is 0.756. The smallest absolute Gasteiger partial charge is 0.261 e. The second-order valence-corrected chi connectivity index (χ2v) is 8.02. The zero-order valence-corrected chi connectivity index (χ0v) is 15.7. The van der Waals surface area contributed by atoms with Gasteiger partial charge in [0.15, 0.2) is 0 Å². The molecule has 3 heterocycles. The van der Waals surface area contributed by atoms with Crippen molar-refractivity contribution in [2.24, 2.45) is 5.92 Å². The lowest BCUT2D eigenvalue weighted by atomic mass is 10.1. The molecular formula is C21H25N5O. The van der Waals surface area contributed by atoms with Crippen LogP contribution in [0, 0.1) is 12.8 Å². The van der Waals surface area contributed by atoms with Gasteiger partial charge in [0, 0.05) is 18.8 Å². The van der Waals surface area contributed by atoms with Crippen molar-refractivity contribution in [3.05, 3.63) is 57.9 Å². The van der Waals surface area contributed by atoms with Gasteiger partial charge in [0.2, 0.25) is 0 Å². The molecule has 1 aliphatic carbocycles. The predicted octanol–water partition coefficient (Wildman–Crippen LogP) is 3.18. The first-order chi connectivity index (χ1) is 13.2.